The topological polar surface area (TPSA) is 74.6 Å². The summed E-state index contributed by atoms with van der Waals surface area (Å²) >= 11 is 0. The van der Waals surface area contributed by atoms with Gasteiger partial charge in [-0.3, -0.25) is 4.79 Å². The summed E-state index contributed by atoms with van der Waals surface area (Å²) in [5.74, 6) is 1.04. The quantitative estimate of drug-likeness (QED) is 0.834. The molecule has 1 N–H and O–H groups in total. The Labute approximate surface area is 138 Å². The van der Waals surface area contributed by atoms with Crippen LogP contribution in [0.15, 0.2) is 18.2 Å². The Hall–Kier alpha value is -2.42. The van der Waals surface area contributed by atoms with E-state index >= 15 is 0 Å². The van der Waals surface area contributed by atoms with Gasteiger partial charge >= 0.3 is 0 Å². The van der Waals surface area contributed by atoms with Crippen molar-refractivity contribution < 1.29 is 14.3 Å². The van der Waals surface area contributed by atoms with Crippen molar-refractivity contribution in [3.63, 3.8) is 0 Å². The molecule has 0 bridgehead atoms. The number of hydrogen-bond acceptors (Lipinski definition) is 5. The summed E-state index contributed by atoms with van der Waals surface area (Å²) < 4.78 is 10.5. The Morgan fingerprint density at radius 3 is 2.43 bits per heavy atom. The molecule has 1 unspecified atom stereocenters. The van der Waals surface area contributed by atoms with Crippen molar-refractivity contribution in [2.24, 2.45) is 5.92 Å². The fraction of sp³-hybridized carbons (Fsp3) is 0.529. The summed E-state index contributed by atoms with van der Waals surface area (Å²) in [5, 5.41) is 12.1. The fourth-order valence-corrected chi connectivity index (χ4v) is 2.00. The Bertz CT molecular complexity index is 595. The first kappa shape index (κ1) is 18.6. The molecule has 6 heteroatoms. The molecule has 1 amide bonds. The molecule has 1 atom stereocenters. The van der Waals surface area contributed by atoms with Gasteiger partial charge in [0.05, 0.1) is 26.8 Å². The van der Waals surface area contributed by atoms with Crippen LogP contribution in [0.1, 0.15) is 20.8 Å². The van der Waals surface area contributed by atoms with Crippen LogP contribution in [0.3, 0.4) is 0 Å². The minimum atomic E-state index is -0.879. The Balaban J connectivity index is 2.82. The predicted octanol–water partition coefficient (Wildman–Crippen LogP) is 2.19. The second-order valence-electron chi connectivity index (χ2n) is 5.91. The molecule has 126 valence electrons. The zero-order valence-electron chi connectivity index (χ0n) is 14.6. The molecule has 6 nitrogen and oxygen atoms in total. The van der Waals surface area contributed by atoms with Gasteiger partial charge in [0.25, 0.3) is 0 Å². The molecule has 0 radical (unpaired) electrons. The molecular formula is C17H25N3O3. The van der Waals surface area contributed by atoms with Gasteiger partial charge in [0.2, 0.25) is 5.91 Å². The molecule has 0 fully saturated rings. The van der Waals surface area contributed by atoms with E-state index < -0.39 is 5.54 Å². The average molecular weight is 319 g/mol. The number of carbonyl (C=O) groups excluding carboxylic acids is 1. The van der Waals surface area contributed by atoms with E-state index in [1.54, 1.807) is 45.2 Å². The average Bonchev–Trinajstić information content (AvgIpc) is 2.53. The van der Waals surface area contributed by atoms with Crippen LogP contribution in [-0.2, 0) is 4.79 Å². The number of rotatable bonds is 7. The van der Waals surface area contributed by atoms with Crippen molar-refractivity contribution in [2.45, 2.75) is 26.3 Å². The number of nitrogens with one attached hydrogen (secondary N) is 1. The number of benzene rings is 1. The summed E-state index contributed by atoms with van der Waals surface area (Å²) in [6.45, 7) is 5.68. The molecule has 0 saturated heterocycles. The standard InChI is InChI=1S/C17H25N3O3/c1-12(2)17(3,11-18)19-16(21)10-20(4)13-7-8-14(22-5)15(9-13)23-6/h7-9,12H,10H2,1-6H3,(H,19,21). The van der Waals surface area contributed by atoms with Crippen LogP contribution >= 0.6 is 0 Å². The molecular weight excluding hydrogens is 294 g/mol. The van der Waals surface area contributed by atoms with Crippen molar-refractivity contribution in [3.8, 4) is 17.6 Å². The van der Waals surface area contributed by atoms with Crippen LogP contribution in [0.25, 0.3) is 0 Å². The molecule has 0 spiro atoms. The third-order valence-electron chi connectivity index (χ3n) is 3.97. The van der Waals surface area contributed by atoms with Crippen molar-refractivity contribution in [1.82, 2.24) is 5.32 Å². The van der Waals surface area contributed by atoms with Crippen LogP contribution in [0, 0.1) is 17.2 Å². The maximum absolute atomic E-state index is 12.2. The second-order valence-corrected chi connectivity index (χ2v) is 5.91. The minimum absolute atomic E-state index is 0.0165. The SMILES string of the molecule is COc1ccc(N(C)CC(=O)NC(C)(C#N)C(C)C)cc1OC. The number of ether oxygens (including phenoxy) is 2. The number of hydrogen-bond donors (Lipinski definition) is 1. The number of nitriles is 1. The number of amides is 1. The summed E-state index contributed by atoms with van der Waals surface area (Å²) in [6.07, 6.45) is 0. The second kappa shape index (κ2) is 7.73. The summed E-state index contributed by atoms with van der Waals surface area (Å²) in [4.78, 5) is 14.0. The zero-order chi connectivity index (χ0) is 17.6. The van der Waals surface area contributed by atoms with Crippen molar-refractivity contribution >= 4 is 11.6 Å². The van der Waals surface area contributed by atoms with E-state index in [9.17, 15) is 10.1 Å². The van der Waals surface area contributed by atoms with Gasteiger partial charge in [-0.25, -0.2) is 0 Å². The monoisotopic (exact) mass is 319 g/mol. The third-order valence-corrected chi connectivity index (χ3v) is 3.97. The highest BCUT2D eigenvalue weighted by atomic mass is 16.5. The minimum Gasteiger partial charge on any atom is -0.493 e. The van der Waals surface area contributed by atoms with Crippen molar-refractivity contribution in [2.75, 3.05) is 32.7 Å². The molecule has 0 aliphatic heterocycles. The Morgan fingerprint density at radius 1 is 1.35 bits per heavy atom. The van der Waals surface area contributed by atoms with E-state index in [1.165, 1.54) is 0 Å². The van der Waals surface area contributed by atoms with Gasteiger partial charge < -0.3 is 19.7 Å². The number of anilines is 1. The van der Waals surface area contributed by atoms with E-state index in [4.69, 9.17) is 9.47 Å². The van der Waals surface area contributed by atoms with Crippen LogP contribution in [0.4, 0.5) is 5.69 Å². The zero-order valence-corrected chi connectivity index (χ0v) is 14.6. The molecule has 0 aromatic heterocycles. The summed E-state index contributed by atoms with van der Waals surface area (Å²) in [5.41, 5.74) is -0.0591. The molecule has 0 heterocycles. The normalized spacial score (nSPS) is 13.0. The smallest absolute Gasteiger partial charge is 0.240 e. The van der Waals surface area contributed by atoms with Gasteiger partial charge in [0.1, 0.15) is 5.54 Å². The lowest BCUT2D eigenvalue weighted by atomic mass is 9.90. The predicted molar refractivity (Wildman–Crippen MR) is 89.8 cm³/mol. The van der Waals surface area contributed by atoms with E-state index in [-0.39, 0.29) is 18.4 Å². The largest absolute Gasteiger partial charge is 0.493 e. The lowest BCUT2D eigenvalue weighted by Gasteiger charge is -2.29. The molecule has 0 aliphatic carbocycles. The van der Waals surface area contributed by atoms with Gasteiger partial charge in [-0.2, -0.15) is 5.26 Å². The number of nitrogens with zero attached hydrogens (tertiary/aromatic N) is 2. The summed E-state index contributed by atoms with van der Waals surface area (Å²) in [6, 6.07) is 7.61. The number of likely N-dealkylation sites (N-methyl/N-ethyl adjacent to an activating group) is 1. The molecule has 1 aromatic carbocycles. The van der Waals surface area contributed by atoms with E-state index in [0.29, 0.717) is 11.5 Å². The lowest BCUT2D eigenvalue weighted by molar-refractivity contribution is -0.121. The number of methoxy groups -OCH3 is 2. The highest BCUT2D eigenvalue weighted by Gasteiger charge is 2.30. The Morgan fingerprint density at radius 2 is 1.96 bits per heavy atom. The maximum Gasteiger partial charge on any atom is 0.240 e. The van der Waals surface area contributed by atoms with Gasteiger partial charge in [-0.05, 0) is 25.0 Å². The molecule has 23 heavy (non-hydrogen) atoms. The van der Waals surface area contributed by atoms with E-state index in [0.717, 1.165) is 5.69 Å². The first-order valence-electron chi connectivity index (χ1n) is 7.42. The maximum atomic E-state index is 12.2. The van der Waals surface area contributed by atoms with Crippen LogP contribution in [-0.4, -0.2) is 39.3 Å². The van der Waals surface area contributed by atoms with Crippen LogP contribution in [0.5, 0.6) is 11.5 Å². The highest BCUT2D eigenvalue weighted by molar-refractivity contribution is 5.82. The number of carbonyl (C=O) groups is 1. The third kappa shape index (κ3) is 4.52. The first-order chi connectivity index (χ1) is 10.8. The van der Waals surface area contributed by atoms with Gasteiger partial charge in [0, 0.05) is 18.8 Å². The fourth-order valence-electron chi connectivity index (χ4n) is 2.00. The van der Waals surface area contributed by atoms with Crippen molar-refractivity contribution in [3.05, 3.63) is 18.2 Å². The van der Waals surface area contributed by atoms with E-state index in [1.807, 2.05) is 19.9 Å². The van der Waals surface area contributed by atoms with Gasteiger partial charge in [0.15, 0.2) is 11.5 Å². The van der Waals surface area contributed by atoms with Gasteiger partial charge in [-0.15, -0.1) is 0 Å². The van der Waals surface area contributed by atoms with Gasteiger partial charge in [-0.1, -0.05) is 13.8 Å². The lowest BCUT2D eigenvalue weighted by Crippen LogP contribution is -2.51. The molecule has 1 rings (SSSR count). The first-order valence-corrected chi connectivity index (χ1v) is 7.42. The molecule has 0 saturated carbocycles. The van der Waals surface area contributed by atoms with Crippen LogP contribution < -0.4 is 19.7 Å². The van der Waals surface area contributed by atoms with Crippen molar-refractivity contribution in [1.29, 1.82) is 5.26 Å². The highest BCUT2D eigenvalue weighted by Crippen LogP contribution is 2.31. The molecule has 1 aromatic rings. The van der Waals surface area contributed by atoms with Crippen LogP contribution in [0.2, 0.25) is 0 Å². The molecule has 0 aliphatic rings. The van der Waals surface area contributed by atoms with E-state index in [2.05, 4.69) is 11.4 Å². The Kier molecular flexibility index (Phi) is 6.26. The summed E-state index contributed by atoms with van der Waals surface area (Å²) in [7, 11) is 4.94.